The molecule has 0 radical (unpaired) electrons. The quantitative estimate of drug-likeness (QED) is 0.486. The van der Waals surface area contributed by atoms with Crippen molar-refractivity contribution in [3.63, 3.8) is 0 Å². The highest BCUT2D eigenvalue weighted by molar-refractivity contribution is 7.46. The van der Waals surface area contributed by atoms with Gasteiger partial charge in [-0.25, -0.2) is 13.8 Å². The fraction of sp³-hybridized carbons (Fsp3) is 0.600. The van der Waals surface area contributed by atoms with Gasteiger partial charge in [-0.05, 0) is 6.92 Å². The van der Waals surface area contributed by atoms with Gasteiger partial charge in [0.25, 0.3) is 5.56 Å². The van der Waals surface area contributed by atoms with Crippen LogP contribution in [0.1, 0.15) is 11.8 Å². The van der Waals surface area contributed by atoms with Crippen molar-refractivity contribution in [2.45, 2.75) is 31.5 Å². The second-order valence-electron chi connectivity index (χ2n) is 4.77. The molecular formula is C10H14FN2O8P. The van der Waals surface area contributed by atoms with Crippen molar-refractivity contribution < 1.29 is 33.1 Å². The first kappa shape index (κ1) is 17.0. The first-order valence-electron chi connectivity index (χ1n) is 6.10. The zero-order valence-corrected chi connectivity index (χ0v) is 12.1. The molecule has 4 atom stereocenters. The third kappa shape index (κ3) is 3.51. The minimum atomic E-state index is -4.81. The normalized spacial score (nSPS) is 29.0. The summed E-state index contributed by atoms with van der Waals surface area (Å²) in [4.78, 5) is 42.1. The Bertz CT molecular complexity index is 712. The molecule has 1 aromatic heterocycles. The van der Waals surface area contributed by atoms with E-state index in [1.54, 1.807) is 0 Å². The lowest BCUT2D eigenvalue weighted by atomic mass is 10.1. The Kier molecular flexibility index (Phi) is 4.66. The van der Waals surface area contributed by atoms with Crippen molar-refractivity contribution in [3.8, 4) is 0 Å². The fourth-order valence-corrected chi connectivity index (χ4v) is 2.35. The highest BCUT2D eigenvalue weighted by Gasteiger charge is 2.46. The second kappa shape index (κ2) is 6.03. The van der Waals surface area contributed by atoms with Crippen LogP contribution in [0.5, 0.6) is 0 Å². The van der Waals surface area contributed by atoms with Gasteiger partial charge in [-0.3, -0.25) is 18.9 Å². The number of nitrogens with zero attached hydrogens (tertiary/aromatic N) is 1. The first-order valence-corrected chi connectivity index (χ1v) is 7.63. The molecule has 10 nitrogen and oxygen atoms in total. The standard InChI is InChI=1S/C10H14FN2O8P/c1-4-2-13(10(16)12-8(4)15)9-6(11)7(14)5(21-9)3-20-22(17,18)19/h2,5-7,9,14H,3H2,1H3,(H,12,15,16)(H2,17,18,19)/t5-,6?,7-,9-/m1/s1. The first-order chi connectivity index (χ1) is 10.1. The molecule has 0 spiro atoms. The lowest BCUT2D eigenvalue weighted by molar-refractivity contribution is -0.0484. The molecule has 0 bridgehead atoms. The predicted octanol–water partition coefficient (Wildman–Crippen LogP) is -1.45. The molecule has 0 amide bonds. The number of hydrogen-bond donors (Lipinski definition) is 4. The van der Waals surface area contributed by atoms with Crippen LogP contribution in [0.25, 0.3) is 0 Å². The Morgan fingerprint density at radius 3 is 2.73 bits per heavy atom. The summed E-state index contributed by atoms with van der Waals surface area (Å²) in [6.45, 7) is 0.626. The van der Waals surface area contributed by atoms with Crippen molar-refractivity contribution in [2.75, 3.05) is 6.61 Å². The highest BCUT2D eigenvalue weighted by Crippen LogP contribution is 2.38. The number of aryl methyl sites for hydroxylation is 1. The Hall–Kier alpha value is -1.36. The molecule has 124 valence electrons. The third-order valence-corrected chi connectivity index (χ3v) is 3.61. The molecule has 22 heavy (non-hydrogen) atoms. The van der Waals surface area contributed by atoms with Gasteiger partial charge in [0, 0.05) is 11.8 Å². The average molecular weight is 340 g/mol. The summed E-state index contributed by atoms with van der Waals surface area (Å²) in [5, 5.41) is 9.68. The maximum Gasteiger partial charge on any atom is 0.469 e. The summed E-state index contributed by atoms with van der Waals surface area (Å²) in [7, 11) is -4.81. The summed E-state index contributed by atoms with van der Waals surface area (Å²) in [5.41, 5.74) is -1.46. The van der Waals surface area contributed by atoms with E-state index in [4.69, 9.17) is 14.5 Å². The van der Waals surface area contributed by atoms with Crippen LogP contribution in [0.3, 0.4) is 0 Å². The molecule has 4 N–H and O–H groups in total. The molecule has 12 heteroatoms. The van der Waals surface area contributed by atoms with Crippen LogP contribution in [-0.4, -0.2) is 49.4 Å². The van der Waals surface area contributed by atoms with E-state index in [9.17, 15) is 23.7 Å². The SMILES string of the molecule is Cc1cn([C@@H]2O[C@H](COP(=O)(O)O)[C@@H](O)C2F)c(=O)[nH]c1=O. The number of nitrogens with one attached hydrogen (secondary N) is 1. The average Bonchev–Trinajstić information content (AvgIpc) is 2.68. The Labute approximate surface area is 122 Å². The summed E-state index contributed by atoms with van der Waals surface area (Å²) in [5.74, 6) is 0. The minimum Gasteiger partial charge on any atom is -0.387 e. The number of aliphatic hydroxyl groups is 1. The van der Waals surface area contributed by atoms with Gasteiger partial charge in [0.2, 0.25) is 0 Å². The van der Waals surface area contributed by atoms with E-state index in [0.717, 1.165) is 10.8 Å². The number of rotatable bonds is 4. The number of alkyl halides is 1. The van der Waals surface area contributed by atoms with E-state index in [2.05, 4.69) is 4.52 Å². The van der Waals surface area contributed by atoms with Crippen molar-refractivity contribution in [2.24, 2.45) is 0 Å². The molecule has 2 heterocycles. The Morgan fingerprint density at radius 1 is 1.50 bits per heavy atom. The number of aromatic nitrogens is 2. The largest absolute Gasteiger partial charge is 0.469 e. The number of H-pyrrole nitrogens is 1. The van der Waals surface area contributed by atoms with Gasteiger partial charge in [0.05, 0.1) is 6.61 Å². The van der Waals surface area contributed by atoms with Crippen LogP contribution in [0.2, 0.25) is 0 Å². The monoisotopic (exact) mass is 340 g/mol. The van der Waals surface area contributed by atoms with Crippen molar-refractivity contribution in [3.05, 3.63) is 32.6 Å². The van der Waals surface area contributed by atoms with Crippen molar-refractivity contribution in [1.29, 1.82) is 0 Å². The van der Waals surface area contributed by atoms with E-state index in [1.807, 2.05) is 4.98 Å². The van der Waals surface area contributed by atoms with Crippen LogP contribution >= 0.6 is 7.82 Å². The number of ether oxygens (including phenoxy) is 1. The smallest absolute Gasteiger partial charge is 0.387 e. The zero-order valence-electron chi connectivity index (χ0n) is 11.2. The van der Waals surface area contributed by atoms with Crippen molar-refractivity contribution >= 4 is 7.82 Å². The lowest BCUT2D eigenvalue weighted by Gasteiger charge is -2.16. The number of aromatic amines is 1. The van der Waals surface area contributed by atoms with Gasteiger partial charge in [-0.15, -0.1) is 0 Å². The third-order valence-electron chi connectivity index (χ3n) is 3.12. The molecule has 0 saturated carbocycles. The molecule has 0 aromatic carbocycles. The molecule has 2 rings (SSSR count). The van der Waals surface area contributed by atoms with E-state index >= 15 is 0 Å². The Morgan fingerprint density at radius 2 is 2.14 bits per heavy atom. The van der Waals surface area contributed by atoms with Gasteiger partial charge in [-0.2, -0.15) is 0 Å². The van der Waals surface area contributed by atoms with Gasteiger partial charge in [-0.1, -0.05) is 0 Å². The number of halogens is 1. The minimum absolute atomic E-state index is 0.125. The molecule has 1 saturated heterocycles. The van der Waals surface area contributed by atoms with Crippen molar-refractivity contribution in [1.82, 2.24) is 9.55 Å². The molecule has 1 aliphatic heterocycles. The molecule has 1 unspecified atom stereocenters. The maximum absolute atomic E-state index is 14.1. The van der Waals surface area contributed by atoms with Gasteiger partial charge in [0.1, 0.15) is 12.2 Å². The summed E-state index contributed by atoms with van der Waals surface area (Å²) >= 11 is 0. The fourth-order valence-electron chi connectivity index (χ4n) is 2.01. The van der Waals surface area contributed by atoms with E-state index in [0.29, 0.717) is 0 Å². The molecular weight excluding hydrogens is 326 g/mol. The zero-order chi connectivity index (χ0) is 16.7. The summed E-state index contributed by atoms with van der Waals surface area (Å²) in [6.07, 6.45) is -5.67. The number of phosphoric acid groups is 1. The topological polar surface area (TPSA) is 151 Å². The van der Waals surface area contributed by atoms with Crippen LogP contribution in [0.15, 0.2) is 15.8 Å². The molecule has 1 aromatic rings. The van der Waals surface area contributed by atoms with Crippen LogP contribution < -0.4 is 11.2 Å². The van der Waals surface area contributed by atoms with Gasteiger partial charge in [0.15, 0.2) is 12.4 Å². The molecule has 0 aliphatic carbocycles. The number of aliphatic hydroxyl groups excluding tert-OH is 1. The van der Waals surface area contributed by atoms with Crippen LogP contribution in [-0.2, 0) is 13.8 Å². The number of phosphoric ester groups is 1. The van der Waals surface area contributed by atoms with Gasteiger partial charge >= 0.3 is 13.5 Å². The summed E-state index contributed by atoms with van der Waals surface area (Å²) in [6, 6.07) is 0. The maximum atomic E-state index is 14.1. The lowest BCUT2D eigenvalue weighted by Crippen LogP contribution is -2.36. The summed E-state index contributed by atoms with van der Waals surface area (Å²) < 4.78 is 34.7. The predicted molar refractivity (Wildman–Crippen MR) is 68.9 cm³/mol. The van der Waals surface area contributed by atoms with Gasteiger partial charge < -0.3 is 19.6 Å². The van der Waals surface area contributed by atoms with E-state index in [-0.39, 0.29) is 5.56 Å². The molecule has 1 aliphatic rings. The van der Waals surface area contributed by atoms with E-state index < -0.39 is 50.3 Å². The van der Waals surface area contributed by atoms with Crippen LogP contribution in [0.4, 0.5) is 4.39 Å². The van der Waals surface area contributed by atoms with Crippen LogP contribution in [0, 0.1) is 6.92 Å². The highest BCUT2D eigenvalue weighted by atomic mass is 31.2. The second-order valence-corrected chi connectivity index (χ2v) is 6.00. The van der Waals surface area contributed by atoms with E-state index in [1.165, 1.54) is 6.92 Å². The number of hydrogen-bond acceptors (Lipinski definition) is 6. The Balaban J connectivity index is 2.23. The molecule has 1 fully saturated rings.